The quantitative estimate of drug-likeness (QED) is 0.0900. The van der Waals surface area contributed by atoms with Crippen molar-refractivity contribution in [3.8, 4) is 0 Å². The van der Waals surface area contributed by atoms with Gasteiger partial charge in [-0.15, -0.1) is 0 Å². The SMILES string of the molecule is CC(C)(C)OC(=O)N1CCN(CCCC(CCCCB2OC(C)(C)C(C)(C)O2)(N=C(c2ccccc2)c2ccccc2)C(=O)OC(C)(C)C)CC1. The van der Waals surface area contributed by atoms with Crippen LogP contribution in [-0.2, 0) is 23.6 Å². The van der Waals surface area contributed by atoms with E-state index in [1.165, 1.54) is 0 Å². The number of carbonyl (C=O) groups is 2. The van der Waals surface area contributed by atoms with Crippen LogP contribution in [0.4, 0.5) is 4.79 Å². The van der Waals surface area contributed by atoms with Gasteiger partial charge in [-0.3, -0.25) is 9.89 Å². The highest BCUT2D eigenvalue weighted by molar-refractivity contribution is 6.45. The number of amides is 1. The van der Waals surface area contributed by atoms with Crippen molar-refractivity contribution >= 4 is 24.9 Å². The molecule has 280 valence electrons. The number of nitrogens with zero attached hydrogens (tertiary/aromatic N) is 3. The van der Waals surface area contributed by atoms with E-state index in [0.717, 1.165) is 62.1 Å². The zero-order chi connectivity index (χ0) is 37.5. The van der Waals surface area contributed by atoms with E-state index in [-0.39, 0.29) is 30.4 Å². The highest BCUT2D eigenvalue weighted by atomic mass is 16.7. The van der Waals surface area contributed by atoms with Crippen molar-refractivity contribution in [2.24, 2.45) is 4.99 Å². The third-order valence-corrected chi connectivity index (χ3v) is 9.87. The first-order chi connectivity index (χ1) is 23.8. The lowest BCUT2D eigenvalue weighted by Crippen LogP contribution is -2.50. The number of benzene rings is 2. The monoisotopic (exact) mass is 703 g/mol. The van der Waals surface area contributed by atoms with Crippen molar-refractivity contribution in [1.29, 1.82) is 0 Å². The van der Waals surface area contributed by atoms with Gasteiger partial charge in [0, 0.05) is 37.3 Å². The van der Waals surface area contributed by atoms with Gasteiger partial charge in [0.25, 0.3) is 0 Å². The summed E-state index contributed by atoms with van der Waals surface area (Å²) in [5.41, 5.74) is -0.427. The van der Waals surface area contributed by atoms with Crippen LogP contribution >= 0.6 is 0 Å². The summed E-state index contributed by atoms with van der Waals surface area (Å²) < 4.78 is 24.4. The third-order valence-electron chi connectivity index (χ3n) is 9.87. The molecule has 0 aliphatic carbocycles. The van der Waals surface area contributed by atoms with E-state index >= 15 is 0 Å². The van der Waals surface area contributed by atoms with Crippen LogP contribution in [0.15, 0.2) is 65.7 Å². The fourth-order valence-corrected chi connectivity index (χ4v) is 6.45. The summed E-state index contributed by atoms with van der Waals surface area (Å²) in [6, 6.07) is 20.2. The van der Waals surface area contributed by atoms with E-state index in [2.05, 4.69) is 32.6 Å². The Bertz CT molecular complexity index is 1400. The number of hydrogen-bond acceptors (Lipinski definition) is 8. The number of rotatable bonds is 13. The van der Waals surface area contributed by atoms with E-state index < -0.39 is 16.7 Å². The van der Waals surface area contributed by atoms with Crippen LogP contribution in [-0.4, -0.2) is 95.4 Å². The second kappa shape index (κ2) is 16.6. The zero-order valence-electron chi connectivity index (χ0n) is 32.9. The Hall–Kier alpha value is -3.21. The number of hydrogen-bond donors (Lipinski definition) is 0. The highest BCUT2D eigenvalue weighted by Crippen LogP contribution is 2.39. The summed E-state index contributed by atoms with van der Waals surface area (Å²) in [7, 11) is -0.294. The average Bonchev–Trinajstić information content (AvgIpc) is 3.26. The smallest absolute Gasteiger partial charge is 0.457 e. The van der Waals surface area contributed by atoms with Crippen LogP contribution in [0.5, 0.6) is 0 Å². The summed E-state index contributed by atoms with van der Waals surface area (Å²) >= 11 is 0. The van der Waals surface area contributed by atoms with Gasteiger partial charge in [0.1, 0.15) is 11.2 Å². The van der Waals surface area contributed by atoms with Gasteiger partial charge in [-0.2, -0.15) is 0 Å². The Morgan fingerprint density at radius 2 is 1.22 bits per heavy atom. The molecule has 2 saturated heterocycles. The van der Waals surface area contributed by atoms with Gasteiger partial charge in [0.05, 0.1) is 16.9 Å². The summed E-state index contributed by atoms with van der Waals surface area (Å²) in [4.78, 5) is 36.9. The lowest BCUT2D eigenvalue weighted by molar-refractivity contribution is -0.162. The predicted molar refractivity (Wildman–Crippen MR) is 205 cm³/mol. The van der Waals surface area contributed by atoms with Crippen molar-refractivity contribution in [2.75, 3.05) is 32.7 Å². The van der Waals surface area contributed by atoms with Crippen LogP contribution in [0.1, 0.15) is 112 Å². The Morgan fingerprint density at radius 3 is 1.71 bits per heavy atom. The van der Waals surface area contributed by atoms with Crippen LogP contribution in [0, 0.1) is 0 Å². The predicted octanol–water partition coefficient (Wildman–Crippen LogP) is 8.20. The Balaban J connectivity index is 1.60. The molecule has 0 spiro atoms. The highest BCUT2D eigenvalue weighted by Gasteiger charge is 2.50. The summed E-state index contributed by atoms with van der Waals surface area (Å²) in [6.45, 7) is 23.2. The molecule has 0 bridgehead atoms. The molecular weight excluding hydrogens is 641 g/mol. The van der Waals surface area contributed by atoms with Crippen LogP contribution in [0.25, 0.3) is 0 Å². The Kier molecular flexibility index (Phi) is 13.2. The number of ether oxygens (including phenoxy) is 2. The fraction of sp³-hybridized carbons (Fsp3) is 0.634. The molecule has 1 unspecified atom stereocenters. The summed E-state index contributed by atoms with van der Waals surface area (Å²) in [6.07, 6.45) is 3.81. The maximum Gasteiger partial charge on any atom is 0.457 e. The molecule has 4 rings (SSSR count). The Labute approximate surface area is 307 Å². The van der Waals surface area contributed by atoms with Crippen molar-refractivity contribution in [3.05, 3.63) is 71.8 Å². The van der Waals surface area contributed by atoms with E-state index in [4.69, 9.17) is 23.8 Å². The summed E-state index contributed by atoms with van der Waals surface area (Å²) in [5, 5.41) is 0. The normalized spacial score (nSPS) is 18.9. The van der Waals surface area contributed by atoms with Gasteiger partial charge in [-0.1, -0.05) is 73.5 Å². The minimum atomic E-state index is -1.12. The Morgan fingerprint density at radius 1 is 0.725 bits per heavy atom. The van der Waals surface area contributed by atoms with Crippen molar-refractivity contribution in [2.45, 2.75) is 136 Å². The molecule has 2 aliphatic heterocycles. The van der Waals surface area contributed by atoms with Crippen molar-refractivity contribution in [3.63, 3.8) is 0 Å². The first-order valence-electron chi connectivity index (χ1n) is 18.8. The molecule has 2 aliphatic rings. The molecule has 2 fully saturated rings. The second-order valence-corrected chi connectivity index (χ2v) is 17.1. The molecule has 9 nitrogen and oxygen atoms in total. The van der Waals surface area contributed by atoms with Crippen LogP contribution in [0.3, 0.4) is 0 Å². The van der Waals surface area contributed by atoms with Gasteiger partial charge >= 0.3 is 19.2 Å². The number of unbranched alkanes of at least 4 members (excludes halogenated alkanes) is 1. The molecule has 10 heteroatoms. The molecule has 51 heavy (non-hydrogen) atoms. The van der Waals surface area contributed by atoms with Gasteiger partial charge < -0.3 is 23.7 Å². The molecule has 0 aromatic heterocycles. The lowest BCUT2D eigenvalue weighted by Gasteiger charge is -2.36. The molecule has 2 aromatic carbocycles. The third kappa shape index (κ3) is 11.6. The molecule has 0 radical (unpaired) electrons. The molecule has 2 aromatic rings. The van der Waals surface area contributed by atoms with E-state index in [1.807, 2.05) is 102 Å². The number of carbonyl (C=O) groups excluding carboxylic acids is 2. The standard InChI is InChI=1S/C41H62BN3O6/c1-37(2,3)48-35(46)41(24-17-18-26-42-50-39(7,8)40(9,10)51-42,43-34(32-20-13-11-14-21-32)33-22-15-12-16-23-33)25-19-27-44-28-30-45(31-29-44)36(47)49-38(4,5)6/h11-16,20-23H,17-19,24-31H2,1-10H3. The number of aliphatic imine (C=N–C) groups is 1. The van der Waals surface area contributed by atoms with E-state index in [0.29, 0.717) is 25.9 Å². The molecule has 2 heterocycles. The molecule has 0 saturated carbocycles. The van der Waals surface area contributed by atoms with Gasteiger partial charge in [0.2, 0.25) is 0 Å². The molecule has 1 atom stereocenters. The minimum Gasteiger partial charge on any atom is -0.458 e. The largest absolute Gasteiger partial charge is 0.458 e. The van der Waals surface area contributed by atoms with Crippen molar-refractivity contribution < 1.29 is 28.4 Å². The second-order valence-electron chi connectivity index (χ2n) is 17.1. The lowest BCUT2D eigenvalue weighted by atomic mass is 9.80. The van der Waals surface area contributed by atoms with Gasteiger partial charge in [-0.05, 0) is 101 Å². The zero-order valence-corrected chi connectivity index (χ0v) is 32.9. The number of esters is 1. The topological polar surface area (TPSA) is 89.9 Å². The first kappa shape index (κ1) is 40.6. The van der Waals surface area contributed by atoms with E-state index in [1.54, 1.807) is 4.90 Å². The fourth-order valence-electron chi connectivity index (χ4n) is 6.45. The first-order valence-corrected chi connectivity index (χ1v) is 18.8. The number of piperazine rings is 1. The average molecular weight is 704 g/mol. The minimum absolute atomic E-state index is 0.268. The maximum atomic E-state index is 14.6. The summed E-state index contributed by atoms with van der Waals surface area (Å²) in [5.74, 6) is -0.301. The van der Waals surface area contributed by atoms with Gasteiger partial charge in [0.15, 0.2) is 5.54 Å². The maximum absolute atomic E-state index is 14.6. The van der Waals surface area contributed by atoms with Crippen LogP contribution in [0.2, 0.25) is 6.32 Å². The van der Waals surface area contributed by atoms with Crippen LogP contribution < -0.4 is 0 Å². The molecular formula is C41H62BN3O6. The van der Waals surface area contributed by atoms with Gasteiger partial charge in [-0.25, -0.2) is 9.59 Å². The van der Waals surface area contributed by atoms with Crippen molar-refractivity contribution in [1.82, 2.24) is 9.80 Å². The van der Waals surface area contributed by atoms with E-state index in [9.17, 15) is 9.59 Å². The molecule has 1 amide bonds. The molecule has 0 N–H and O–H groups in total.